The van der Waals surface area contributed by atoms with E-state index in [0.29, 0.717) is 0 Å². The molecule has 0 aliphatic heterocycles. The van der Waals surface area contributed by atoms with Crippen molar-refractivity contribution in [1.82, 2.24) is 0 Å². The first-order valence-corrected chi connectivity index (χ1v) is 5.04. The number of hydrogen-bond acceptors (Lipinski definition) is 4. The van der Waals surface area contributed by atoms with Crippen LogP contribution in [0.4, 0.5) is 19.7 Å². The van der Waals surface area contributed by atoms with Gasteiger partial charge in [-0.25, -0.2) is 14.0 Å². The molecular formula is C9H8BrFN2O4. The molecule has 0 atom stereocenters. The highest BCUT2D eigenvalue weighted by Crippen LogP contribution is 2.31. The normalized spacial score (nSPS) is 9.59. The molecule has 17 heavy (non-hydrogen) atoms. The van der Waals surface area contributed by atoms with Gasteiger partial charge in [-0.2, -0.15) is 0 Å². The van der Waals surface area contributed by atoms with Crippen LogP contribution in [0.15, 0.2) is 16.6 Å². The van der Waals surface area contributed by atoms with E-state index in [1.807, 2.05) is 5.32 Å². The maximum absolute atomic E-state index is 13.3. The summed E-state index contributed by atoms with van der Waals surface area (Å²) in [7, 11) is 1.13. The third-order valence-corrected chi connectivity index (χ3v) is 2.26. The quantitative estimate of drug-likeness (QED) is 0.647. The van der Waals surface area contributed by atoms with Crippen LogP contribution in [0, 0.1) is 5.82 Å². The number of nitrogens with two attached hydrogens (primary N) is 1. The van der Waals surface area contributed by atoms with Gasteiger partial charge in [-0.05, 0) is 22.0 Å². The molecule has 3 N–H and O–H groups in total. The van der Waals surface area contributed by atoms with E-state index in [4.69, 9.17) is 10.5 Å². The minimum absolute atomic E-state index is 0.0120. The van der Waals surface area contributed by atoms with Crippen LogP contribution >= 0.6 is 15.9 Å². The Morgan fingerprint density at radius 3 is 2.65 bits per heavy atom. The second-order valence-corrected chi connectivity index (χ2v) is 3.66. The third kappa shape index (κ3) is 3.59. The van der Waals surface area contributed by atoms with Crippen LogP contribution in [0.25, 0.3) is 0 Å². The van der Waals surface area contributed by atoms with Gasteiger partial charge < -0.3 is 20.5 Å². The van der Waals surface area contributed by atoms with Gasteiger partial charge in [0.25, 0.3) is 0 Å². The summed E-state index contributed by atoms with van der Waals surface area (Å²) in [4.78, 5) is 21.5. The van der Waals surface area contributed by atoms with Gasteiger partial charge in [-0.15, -0.1) is 0 Å². The fraction of sp³-hybridized carbons (Fsp3) is 0.111. The molecule has 0 fully saturated rings. The number of methoxy groups -OCH3 is 1. The summed E-state index contributed by atoms with van der Waals surface area (Å²) < 4.78 is 22.5. The highest BCUT2D eigenvalue weighted by atomic mass is 79.9. The number of halogens is 2. The van der Waals surface area contributed by atoms with E-state index in [1.165, 1.54) is 0 Å². The Labute approximate surface area is 104 Å². The molecule has 0 aromatic heterocycles. The van der Waals surface area contributed by atoms with E-state index in [0.717, 1.165) is 19.2 Å². The smallest absolute Gasteiger partial charge is 0.437 e. The molecule has 0 aliphatic carbocycles. The van der Waals surface area contributed by atoms with Crippen LogP contribution in [-0.4, -0.2) is 19.3 Å². The Bertz CT molecular complexity index is 467. The molecular weight excluding hydrogens is 299 g/mol. The molecule has 1 aromatic rings. The first-order chi connectivity index (χ1) is 7.93. The van der Waals surface area contributed by atoms with Gasteiger partial charge in [0.05, 0.1) is 17.3 Å². The van der Waals surface area contributed by atoms with Gasteiger partial charge in [0.1, 0.15) is 5.82 Å². The summed E-state index contributed by atoms with van der Waals surface area (Å²) in [6.07, 6.45) is -0.970. The number of benzene rings is 1. The largest absolute Gasteiger partial charge is 0.513 e. The minimum Gasteiger partial charge on any atom is -0.437 e. The molecule has 8 heteroatoms. The zero-order chi connectivity index (χ0) is 13.0. The number of carbonyl (C=O) groups excluding carboxylic acids is 2. The SMILES string of the molecule is COC(=O)Oc1cc(NC(N)=O)c(F)cc1Br. The molecule has 0 radical (unpaired) electrons. The highest BCUT2D eigenvalue weighted by molar-refractivity contribution is 9.10. The fourth-order valence-electron chi connectivity index (χ4n) is 0.967. The molecule has 92 valence electrons. The zero-order valence-electron chi connectivity index (χ0n) is 8.62. The van der Waals surface area contributed by atoms with Crippen molar-refractivity contribution in [2.75, 3.05) is 12.4 Å². The van der Waals surface area contributed by atoms with Crippen LogP contribution < -0.4 is 15.8 Å². The second kappa shape index (κ2) is 5.48. The molecule has 0 saturated carbocycles. The molecule has 0 aliphatic rings. The third-order valence-electron chi connectivity index (χ3n) is 1.64. The molecule has 0 bridgehead atoms. The van der Waals surface area contributed by atoms with E-state index >= 15 is 0 Å². The fourth-order valence-corrected chi connectivity index (χ4v) is 1.36. The summed E-state index contributed by atoms with van der Waals surface area (Å²) in [5.41, 5.74) is 4.64. The Morgan fingerprint density at radius 2 is 2.12 bits per heavy atom. The van der Waals surface area contributed by atoms with Crippen molar-refractivity contribution in [1.29, 1.82) is 0 Å². The number of carbonyl (C=O) groups is 2. The molecule has 0 unspecified atom stereocenters. The van der Waals surface area contributed by atoms with Crippen molar-refractivity contribution in [2.45, 2.75) is 0 Å². The molecule has 0 heterocycles. The maximum Gasteiger partial charge on any atom is 0.513 e. The Balaban J connectivity index is 3.05. The topological polar surface area (TPSA) is 90.7 Å². The first kappa shape index (κ1) is 13.2. The lowest BCUT2D eigenvalue weighted by Gasteiger charge is -2.09. The highest BCUT2D eigenvalue weighted by Gasteiger charge is 2.13. The average Bonchev–Trinajstić information content (AvgIpc) is 2.24. The van der Waals surface area contributed by atoms with Crippen LogP contribution in [0.5, 0.6) is 5.75 Å². The summed E-state index contributed by atoms with van der Waals surface area (Å²) in [5.74, 6) is -0.741. The molecule has 2 amide bonds. The molecule has 0 saturated heterocycles. The van der Waals surface area contributed by atoms with E-state index in [2.05, 4.69) is 20.7 Å². The number of anilines is 1. The van der Waals surface area contributed by atoms with Gasteiger partial charge in [0.2, 0.25) is 0 Å². The number of amides is 2. The second-order valence-electron chi connectivity index (χ2n) is 2.81. The summed E-state index contributed by atoms with van der Waals surface area (Å²) >= 11 is 2.99. The molecule has 6 nitrogen and oxygen atoms in total. The number of urea groups is 1. The van der Waals surface area contributed by atoms with Crippen LogP contribution in [0.1, 0.15) is 0 Å². The Hall–Kier alpha value is -1.83. The molecule has 0 spiro atoms. The van der Waals surface area contributed by atoms with Gasteiger partial charge >= 0.3 is 12.2 Å². The molecule has 1 aromatic carbocycles. The predicted octanol–water partition coefficient (Wildman–Crippen LogP) is 2.22. The van der Waals surface area contributed by atoms with Crippen LogP contribution in [-0.2, 0) is 4.74 Å². The van der Waals surface area contributed by atoms with Crippen LogP contribution in [0.2, 0.25) is 0 Å². The lowest BCUT2D eigenvalue weighted by atomic mass is 10.3. The van der Waals surface area contributed by atoms with Gasteiger partial charge in [-0.1, -0.05) is 0 Å². The number of hydrogen-bond donors (Lipinski definition) is 2. The van der Waals surface area contributed by atoms with E-state index < -0.39 is 18.0 Å². The van der Waals surface area contributed by atoms with Gasteiger partial charge in [0.15, 0.2) is 5.75 Å². The molecule has 1 rings (SSSR count). The number of rotatable bonds is 2. The summed E-state index contributed by atoms with van der Waals surface area (Å²) in [6.45, 7) is 0. The summed E-state index contributed by atoms with van der Waals surface area (Å²) in [6, 6.07) is 1.18. The predicted molar refractivity (Wildman–Crippen MR) is 60.3 cm³/mol. The Morgan fingerprint density at radius 1 is 1.47 bits per heavy atom. The lowest BCUT2D eigenvalue weighted by Crippen LogP contribution is -2.20. The minimum atomic E-state index is -0.970. The van der Waals surface area contributed by atoms with E-state index in [-0.39, 0.29) is 15.9 Å². The first-order valence-electron chi connectivity index (χ1n) is 4.25. The van der Waals surface area contributed by atoms with Gasteiger partial charge in [-0.3, -0.25) is 0 Å². The van der Waals surface area contributed by atoms with Crippen molar-refractivity contribution in [3.05, 3.63) is 22.4 Å². The lowest BCUT2D eigenvalue weighted by molar-refractivity contribution is 0.121. The van der Waals surface area contributed by atoms with Crippen molar-refractivity contribution in [3.63, 3.8) is 0 Å². The zero-order valence-corrected chi connectivity index (χ0v) is 10.2. The van der Waals surface area contributed by atoms with Crippen LogP contribution in [0.3, 0.4) is 0 Å². The van der Waals surface area contributed by atoms with Crippen molar-refractivity contribution >= 4 is 33.8 Å². The number of ether oxygens (including phenoxy) is 2. The van der Waals surface area contributed by atoms with Gasteiger partial charge in [0, 0.05) is 6.07 Å². The standard InChI is InChI=1S/C9H8BrFN2O4/c1-16-9(15)17-7-3-6(13-8(12)14)5(11)2-4(7)10/h2-3H,1H3,(H3,12,13,14). The van der Waals surface area contributed by atoms with Crippen molar-refractivity contribution < 1.29 is 23.5 Å². The Kier molecular flexibility index (Phi) is 4.27. The monoisotopic (exact) mass is 306 g/mol. The number of primary amides is 1. The van der Waals surface area contributed by atoms with E-state index in [9.17, 15) is 14.0 Å². The van der Waals surface area contributed by atoms with E-state index in [1.54, 1.807) is 0 Å². The number of nitrogens with one attached hydrogen (secondary N) is 1. The van der Waals surface area contributed by atoms with Crippen molar-refractivity contribution in [3.8, 4) is 5.75 Å². The maximum atomic E-state index is 13.3. The van der Waals surface area contributed by atoms with Crippen molar-refractivity contribution in [2.24, 2.45) is 5.73 Å². The average molecular weight is 307 g/mol. The summed E-state index contributed by atoms with van der Waals surface area (Å²) in [5, 5.41) is 2.04.